The van der Waals surface area contributed by atoms with Crippen molar-refractivity contribution in [3.8, 4) is 0 Å². The number of hydrogen-bond donors (Lipinski definition) is 1. The number of non-ortho nitro benzene ring substituents is 1. The van der Waals surface area contributed by atoms with E-state index in [2.05, 4.69) is 10.1 Å². The summed E-state index contributed by atoms with van der Waals surface area (Å²) in [6, 6.07) is 15.0. The lowest BCUT2D eigenvalue weighted by Crippen LogP contribution is -2.36. The molecule has 1 aromatic heterocycles. The molecule has 0 aliphatic carbocycles. The van der Waals surface area contributed by atoms with E-state index in [-0.39, 0.29) is 27.6 Å². The molecule has 30 heavy (non-hydrogen) atoms. The number of hydrazone groups is 1. The van der Waals surface area contributed by atoms with Gasteiger partial charge in [0.05, 0.1) is 27.7 Å². The number of benzene rings is 3. The van der Waals surface area contributed by atoms with Crippen LogP contribution in [0.1, 0.15) is 32.0 Å². The Bertz CT molecular complexity index is 1410. The van der Waals surface area contributed by atoms with E-state index >= 15 is 0 Å². The summed E-state index contributed by atoms with van der Waals surface area (Å²) in [6.45, 7) is 1.89. The minimum atomic E-state index is -0.618. The molecule has 0 spiro atoms. The van der Waals surface area contributed by atoms with Gasteiger partial charge < -0.3 is 4.98 Å². The molecule has 0 atom stereocenters. The molecular weight excluding hydrogens is 384 g/mol. The number of carbonyl (C=O) groups is 2. The van der Waals surface area contributed by atoms with E-state index < -0.39 is 16.7 Å². The number of nitro groups is 1. The maximum Gasteiger partial charge on any atom is 0.282 e. The van der Waals surface area contributed by atoms with E-state index in [1.165, 1.54) is 24.4 Å². The molecular formula is C22H14N4O4. The number of imide groups is 1. The van der Waals surface area contributed by atoms with Crippen LogP contribution < -0.4 is 0 Å². The Morgan fingerprint density at radius 3 is 2.43 bits per heavy atom. The van der Waals surface area contributed by atoms with Crippen molar-refractivity contribution in [1.82, 2.24) is 9.99 Å². The number of carbonyl (C=O) groups excluding carboxylic acids is 2. The zero-order valence-electron chi connectivity index (χ0n) is 15.7. The van der Waals surface area contributed by atoms with Crippen molar-refractivity contribution in [3.05, 3.63) is 87.1 Å². The smallest absolute Gasteiger partial charge is 0.282 e. The number of para-hydroxylation sites is 1. The molecule has 4 aromatic rings. The monoisotopic (exact) mass is 398 g/mol. The third-order valence-electron chi connectivity index (χ3n) is 5.31. The number of nitro benzene ring substituents is 1. The molecule has 2 amide bonds. The summed E-state index contributed by atoms with van der Waals surface area (Å²) in [6.07, 6.45) is 1.49. The minimum absolute atomic E-state index is 0.150. The van der Waals surface area contributed by atoms with Gasteiger partial charge in [-0.25, -0.2) is 0 Å². The minimum Gasteiger partial charge on any atom is -0.358 e. The average molecular weight is 398 g/mol. The third-order valence-corrected chi connectivity index (χ3v) is 5.31. The van der Waals surface area contributed by atoms with Crippen molar-refractivity contribution in [2.24, 2.45) is 5.10 Å². The summed E-state index contributed by atoms with van der Waals surface area (Å²) >= 11 is 0. The van der Waals surface area contributed by atoms with E-state index in [1.54, 1.807) is 12.1 Å². The van der Waals surface area contributed by atoms with E-state index in [4.69, 9.17) is 0 Å². The van der Waals surface area contributed by atoms with Crippen molar-refractivity contribution in [1.29, 1.82) is 0 Å². The van der Waals surface area contributed by atoms with Gasteiger partial charge in [-0.3, -0.25) is 19.7 Å². The van der Waals surface area contributed by atoms with Crippen molar-refractivity contribution < 1.29 is 14.5 Å². The molecule has 0 radical (unpaired) electrons. The Morgan fingerprint density at radius 2 is 1.67 bits per heavy atom. The largest absolute Gasteiger partial charge is 0.358 e. The number of aryl methyl sites for hydroxylation is 1. The summed E-state index contributed by atoms with van der Waals surface area (Å²) in [7, 11) is 0. The number of aromatic nitrogens is 1. The van der Waals surface area contributed by atoms with Crippen molar-refractivity contribution in [2.75, 3.05) is 0 Å². The zero-order valence-corrected chi connectivity index (χ0v) is 15.7. The van der Waals surface area contributed by atoms with Crippen LogP contribution in [0.3, 0.4) is 0 Å². The highest BCUT2D eigenvalue weighted by atomic mass is 16.6. The van der Waals surface area contributed by atoms with E-state index in [1.807, 2.05) is 31.2 Å². The Morgan fingerprint density at radius 1 is 0.967 bits per heavy atom. The van der Waals surface area contributed by atoms with Gasteiger partial charge in [-0.05, 0) is 31.2 Å². The Kier molecular flexibility index (Phi) is 3.75. The lowest BCUT2D eigenvalue weighted by atomic mass is 9.94. The maximum absolute atomic E-state index is 13.0. The molecule has 1 aliphatic heterocycles. The number of hydrogen-bond acceptors (Lipinski definition) is 5. The van der Waals surface area contributed by atoms with Crippen LogP contribution >= 0.6 is 0 Å². The van der Waals surface area contributed by atoms with E-state index in [0.29, 0.717) is 0 Å². The highest BCUT2D eigenvalue weighted by Gasteiger charge is 2.34. The van der Waals surface area contributed by atoms with Gasteiger partial charge >= 0.3 is 0 Å². The molecule has 1 N–H and O–H groups in total. The van der Waals surface area contributed by atoms with Crippen LogP contribution in [0, 0.1) is 17.0 Å². The molecule has 0 fully saturated rings. The first kappa shape index (κ1) is 17.7. The summed E-state index contributed by atoms with van der Waals surface area (Å²) in [5, 5.41) is 17.8. The van der Waals surface area contributed by atoms with Gasteiger partial charge in [-0.1, -0.05) is 24.3 Å². The van der Waals surface area contributed by atoms with E-state index in [0.717, 1.165) is 27.2 Å². The summed E-state index contributed by atoms with van der Waals surface area (Å²) < 4.78 is 0. The lowest BCUT2D eigenvalue weighted by molar-refractivity contribution is -0.383. The first-order valence-corrected chi connectivity index (χ1v) is 9.17. The number of fused-ring (bicyclic) bond motifs is 1. The molecule has 0 saturated heterocycles. The summed E-state index contributed by atoms with van der Waals surface area (Å²) in [4.78, 5) is 40.1. The Labute approximate surface area is 169 Å². The van der Waals surface area contributed by atoms with Crippen LogP contribution in [-0.2, 0) is 0 Å². The predicted molar refractivity (Wildman–Crippen MR) is 112 cm³/mol. The average Bonchev–Trinajstić information content (AvgIpc) is 3.06. The quantitative estimate of drug-likeness (QED) is 0.242. The molecule has 8 nitrogen and oxygen atoms in total. The van der Waals surface area contributed by atoms with Crippen LogP contribution in [0.5, 0.6) is 0 Å². The van der Waals surface area contributed by atoms with Crippen LogP contribution in [0.15, 0.2) is 59.7 Å². The highest BCUT2D eigenvalue weighted by Crippen LogP contribution is 2.35. The molecule has 0 saturated carbocycles. The molecule has 0 unspecified atom stereocenters. The first-order chi connectivity index (χ1) is 14.5. The molecule has 5 rings (SSSR count). The van der Waals surface area contributed by atoms with Crippen LogP contribution in [0.25, 0.3) is 21.7 Å². The van der Waals surface area contributed by atoms with Crippen LogP contribution in [0.4, 0.5) is 5.69 Å². The van der Waals surface area contributed by atoms with Crippen LogP contribution in [0.2, 0.25) is 0 Å². The molecule has 2 heterocycles. The number of nitrogens with one attached hydrogen (secondary N) is 1. The number of H-pyrrole nitrogens is 1. The van der Waals surface area contributed by atoms with Crippen LogP contribution in [-0.4, -0.2) is 32.9 Å². The standard InChI is InChI=1S/C22H14N4O4/c1-12-17(13-5-2-3-8-18(13)24-12)11-23-25-21(27)15-7-4-6-14-19(26(29)30)10-9-16(20(14)15)22(25)28/h2-11,24H,1H3/b23-11+. The van der Waals surface area contributed by atoms with Crippen molar-refractivity contribution in [3.63, 3.8) is 0 Å². The normalized spacial score (nSPS) is 13.7. The summed E-state index contributed by atoms with van der Waals surface area (Å²) in [5.41, 5.74) is 2.82. The van der Waals surface area contributed by atoms with Gasteiger partial charge in [0, 0.05) is 33.6 Å². The third kappa shape index (κ3) is 2.44. The number of rotatable bonds is 3. The van der Waals surface area contributed by atoms with Crippen molar-refractivity contribution >= 4 is 45.4 Å². The fourth-order valence-corrected chi connectivity index (χ4v) is 3.91. The second kappa shape index (κ2) is 6.35. The van der Waals surface area contributed by atoms with Gasteiger partial charge in [0.25, 0.3) is 17.5 Å². The fourth-order valence-electron chi connectivity index (χ4n) is 3.91. The maximum atomic E-state index is 13.0. The molecule has 146 valence electrons. The van der Waals surface area contributed by atoms with Crippen molar-refractivity contribution in [2.45, 2.75) is 6.92 Å². The van der Waals surface area contributed by atoms with Gasteiger partial charge in [0.1, 0.15) is 0 Å². The van der Waals surface area contributed by atoms with Gasteiger partial charge in [0.15, 0.2) is 0 Å². The fraction of sp³-hybridized carbons (Fsp3) is 0.0455. The van der Waals surface area contributed by atoms with Gasteiger partial charge in [-0.15, -0.1) is 0 Å². The number of nitrogens with zero attached hydrogens (tertiary/aromatic N) is 3. The van der Waals surface area contributed by atoms with Gasteiger partial charge in [0.2, 0.25) is 0 Å². The topological polar surface area (TPSA) is 109 Å². The number of amides is 2. The number of aromatic amines is 1. The zero-order chi connectivity index (χ0) is 21.0. The molecule has 1 aliphatic rings. The lowest BCUT2D eigenvalue weighted by Gasteiger charge is -2.23. The predicted octanol–water partition coefficient (Wildman–Crippen LogP) is 4.17. The molecule has 3 aromatic carbocycles. The summed E-state index contributed by atoms with van der Waals surface area (Å²) in [5.74, 6) is -1.24. The molecule has 8 heteroatoms. The molecule has 0 bridgehead atoms. The van der Waals surface area contributed by atoms with E-state index in [9.17, 15) is 19.7 Å². The SMILES string of the molecule is Cc1[nH]c2ccccc2c1/C=N/N1C(=O)c2cccc3c([N+](=O)[O-])ccc(c23)C1=O. The second-order valence-corrected chi connectivity index (χ2v) is 6.99. The Balaban J connectivity index is 1.63. The Hall–Kier alpha value is -4.33. The van der Waals surface area contributed by atoms with Gasteiger partial charge in [-0.2, -0.15) is 10.1 Å². The highest BCUT2D eigenvalue weighted by molar-refractivity contribution is 6.26. The first-order valence-electron chi connectivity index (χ1n) is 9.17. The second-order valence-electron chi connectivity index (χ2n) is 6.99.